The molecule has 2 atom stereocenters. The quantitative estimate of drug-likeness (QED) is 0.550. The summed E-state index contributed by atoms with van der Waals surface area (Å²) in [6.45, 7) is 4.00. The molecule has 21 heavy (non-hydrogen) atoms. The van der Waals surface area contributed by atoms with Crippen LogP contribution in [0.25, 0.3) is 0 Å². The molecule has 0 aromatic heterocycles. The van der Waals surface area contributed by atoms with Gasteiger partial charge in [0.1, 0.15) is 0 Å². The van der Waals surface area contributed by atoms with E-state index in [0.717, 1.165) is 44.2 Å². The molecule has 0 aromatic carbocycles. The Bertz CT molecular complexity index is 344. The number of aliphatic imine (C=N–C) groups is 1. The molecule has 2 unspecified atom stereocenters. The zero-order valence-electron chi connectivity index (χ0n) is 13.5. The Labute approximate surface area is 133 Å². The van der Waals surface area contributed by atoms with E-state index in [2.05, 4.69) is 34.3 Å². The average molecular weight is 314 g/mol. The van der Waals surface area contributed by atoms with Crippen LogP contribution in [-0.2, 0) is 0 Å². The standard InChI is InChI=1S/C16H31N3OS/c1-16(8-4-3-5-14(16)20)12-19-15(17-2)18-11-13-6-9-21-10-7-13/h13-14,20H,3-12H2,1-2H3,(H2,17,18,19). The van der Waals surface area contributed by atoms with Gasteiger partial charge in [-0.15, -0.1) is 0 Å². The minimum atomic E-state index is -0.188. The minimum absolute atomic E-state index is 0.0165. The van der Waals surface area contributed by atoms with Gasteiger partial charge < -0.3 is 15.7 Å². The van der Waals surface area contributed by atoms with Gasteiger partial charge in [-0.1, -0.05) is 19.8 Å². The highest BCUT2D eigenvalue weighted by Gasteiger charge is 2.35. The third kappa shape index (κ3) is 5.06. The maximum atomic E-state index is 10.2. The number of rotatable bonds is 4. The molecule has 0 aromatic rings. The molecule has 5 heteroatoms. The van der Waals surface area contributed by atoms with Crippen molar-refractivity contribution >= 4 is 17.7 Å². The van der Waals surface area contributed by atoms with Gasteiger partial charge in [-0.2, -0.15) is 11.8 Å². The number of hydrogen-bond acceptors (Lipinski definition) is 3. The van der Waals surface area contributed by atoms with Gasteiger partial charge in [0.15, 0.2) is 5.96 Å². The van der Waals surface area contributed by atoms with Crippen molar-refractivity contribution in [2.45, 2.75) is 51.6 Å². The highest BCUT2D eigenvalue weighted by atomic mass is 32.2. The summed E-state index contributed by atoms with van der Waals surface area (Å²) in [6.07, 6.45) is 6.84. The summed E-state index contributed by atoms with van der Waals surface area (Å²) >= 11 is 2.07. The molecule has 1 saturated heterocycles. The van der Waals surface area contributed by atoms with Crippen molar-refractivity contribution in [2.24, 2.45) is 16.3 Å². The van der Waals surface area contributed by atoms with E-state index in [0.29, 0.717) is 0 Å². The van der Waals surface area contributed by atoms with E-state index in [-0.39, 0.29) is 11.5 Å². The van der Waals surface area contributed by atoms with Gasteiger partial charge in [-0.05, 0) is 43.1 Å². The van der Waals surface area contributed by atoms with Crippen molar-refractivity contribution in [1.82, 2.24) is 10.6 Å². The first kappa shape index (κ1) is 16.9. The zero-order chi connectivity index (χ0) is 15.1. The topological polar surface area (TPSA) is 56.7 Å². The van der Waals surface area contributed by atoms with Crippen LogP contribution in [-0.4, -0.2) is 48.8 Å². The van der Waals surface area contributed by atoms with Crippen LogP contribution >= 0.6 is 11.8 Å². The molecule has 1 aliphatic heterocycles. The van der Waals surface area contributed by atoms with E-state index in [1.165, 1.54) is 30.8 Å². The molecule has 0 radical (unpaired) electrons. The van der Waals surface area contributed by atoms with Crippen LogP contribution in [0.3, 0.4) is 0 Å². The smallest absolute Gasteiger partial charge is 0.191 e. The summed E-state index contributed by atoms with van der Waals surface area (Å²) in [5.74, 6) is 4.25. The molecule has 0 bridgehead atoms. The average Bonchev–Trinajstić information content (AvgIpc) is 2.52. The van der Waals surface area contributed by atoms with Gasteiger partial charge in [-0.25, -0.2) is 0 Å². The molecular formula is C16H31N3OS. The predicted octanol–water partition coefficient (Wildman–Crippen LogP) is 2.24. The fraction of sp³-hybridized carbons (Fsp3) is 0.938. The van der Waals surface area contributed by atoms with Crippen molar-refractivity contribution in [1.29, 1.82) is 0 Å². The summed E-state index contributed by atoms with van der Waals surface area (Å²) in [6, 6.07) is 0. The Hall–Kier alpha value is -0.420. The number of hydrogen-bond donors (Lipinski definition) is 3. The summed E-state index contributed by atoms with van der Waals surface area (Å²) < 4.78 is 0. The van der Waals surface area contributed by atoms with Gasteiger partial charge in [0, 0.05) is 25.6 Å². The number of aliphatic hydroxyl groups excluding tert-OH is 1. The Morgan fingerprint density at radius 2 is 2.00 bits per heavy atom. The van der Waals surface area contributed by atoms with Crippen molar-refractivity contribution in [3.05, 3.63) is 0 Å². The van der Waals surface area contributed by atoms with Crippen molar-refractivity contribution in [3.8, 4) is 0 Å². The maximum Gasteiger partial charge on any atom is 0.191 e. The SMILES string of the molecule is CN=C(NCC1CCSCC1)NCC1(C)CCCCC1O. The van der Waals surface area contributed by atoms with Gasteiger partial charge in [0.05, 0.1) is 6.10 Å². The van der Waals surface area contributed by atoms with Gasteiger partial charge >= 0.3 is 0 Å². The molecule has 0 spiro atoms. The van der Waals surface area contributed by atoms with Gasteiger partial charge in [-0.3, -0.25) is 4.99 Å². The molecule has 2 fully saturated rings. The molecule has 4 nitrogen and oxygen atoms in total. The molecular weight excluding hydrogens is 282 g/mol. The minimum Gasteiger partial charge on any atom is -0.392 e. The molecule has 122 valence electrons. The molecule has 2 rings (SSSR count). The lowest BCUT2D eigenvalue weighted by molar-refractivity contribution is 0.00397. The third-order valence-electron chi connectivity index (χ3n) is 5.06. The predicted molar refractivity (Wildman–Crippen MR) is 92.0 cm³/mol. The van der Waals surface area contributed by atoms with E-state index < -0.39 is 0 Å². The largest absolute Gasteiger partial charge is 0.392 e. The first-order chi connectivity index (χ1) is 10.1. The number of aliphatic hydroxyl groups is 1. The third-order valence-corrected chi connectivity index (χ3v) is 6.11. The second-order valence-corrected chi connectivity index (χ2v) is 8.00. The van der Waals surface area contributed by atoms with Crippen molar-refractivity contribution in [3.63, 3.8) is 0 Å². The van der Waals surface area contributed by atoms with E-state index in [1.54, 1.807) is 0 Å². The van der Waals surface area contributed by atoms with E-state index in [1.807, 2.05) is 7.05 Å². The molecule has 3 N–H and O–H groups in total. The summed E-state index contributed by atoms with van der Waals surface area (Å²) in [5.41, 5.74) is -0.0165. The van der Waals surface area contributed by atoms with Gasteiger partial charge in [0.2, 0.25) is 0 Å². The lowest BCUT2D eigenvalue weighted by Gasteiger charge is -2.39. The highest BCUT2D eigenvalue weighted by Crippen LogP contribution is 2.35. The molecule has 1 saturated carbocycles. The number of thioether (sulfide) groups is 1. The fourth-order valence-electron chi connectivity index (χ4n) is 3.29. The second kappa shape index (κ2) is 8.28. The van der Waals surface area contributed by atoms with E-state index >= 15 is 0 Å². The Kier molecular flexibility index (Phi) is 6.68. The Morgan fingerprint density at radius 3 is 2.67 bits per heavy atom. The maximum absolute atomic E-state index is 10.2. The number of nitrogens with zero attached hydrogens (tertiary/aromatic N) is 1. The second-order valence-electron chi connectivity index (χ2n) is 6.78. The van der Waals surface area contributed by atoms with E-state index in [4.69, 9.17) is 0 Å². The van der Waals surface area contributed by atoms with Crippen LogP contribution in [0.5, 0.6) is 0 Å². The lowest BCUT2D eigenvalue weighted by Crippen LogP contribution is -2.49. The van der Waals surface area contributed by atoms with Crippen LogP contribution in [0.2, 0.25) is 0 Å². The van der Waals surface area contributed by atoms with Crippen LogP contribution in [0.15, 0.2) is 4.99 Å². The van der Waals surface area contributed by atoms with Crippen LogP contribution in [0.1, 0.15) is 45.4 Å². The highest BCUT2D eigenvalue weighted by molar-refractivity contribution is 7.99. The molecule has 1 aliphatic carbocycles. The summed E-state index contributed by atoms with van der Waals surface area (Å²) in [4.78, 5) is 4.32. The molecule has 2 aliphatic rings. The first-order valence-electron chi connectivity index (χ1n) is 8.34. The fourth-order valence-corrected chi connectivity index (χ4v) is 4.49. The van der Waals surface area contributed by atoms with Crippen LogP contribution < -0.4 is 10.6 Å². The molecule has 0 amide bonds. The summed E-state index contributed by atoms with van der Waals surface area (Å²) in [5, 5.41) is 17.1. The Balaban J connectivity index is 1.74. The lowest BCUT2D eigenvalue weighted by atomic mass is 9.73. The van der Waals surface area contributed by atoms with E-state index in [9.17, 15) is 5.11 Å². The number of nitrogens with one attached hydrogen (secondary N) is 2. The van der Waals surface area contributed by atoms with Gasteiger partial charge in [0.25, 0.3) is 0 Å². The summed E-state index contributed by atoms with van der Waals surface area (Å²) in [7, 11) is 1.83. The molecule has 1 heterocycles. The van der Waals surface area contributed by atoms with Crippen LogP contribution in [0, 0.1) is 11.3 Å². The monoisotopic (exact) mass is 313 g/mol. The van der Waals surface area contributed by atoms with Crippen LogP contribution in [0.4, 0.5) is 0 Å². The number of guanidine groups is 1. The normalized spacial score (nSPS) is 32.0. The zero-order valence-corrected chi connectivity index (χ0v) is 14.3. The first-order valence-corrected chi connectivity index (χ1v) is 9.50. The van der Waals surface area contributed by atoms with Crippen molar-refractivity contribution in [2.75, 3.05) is 31.6 Å². The van der Waals surface area contributed by atoms with Crippen molar-refractivity contribution < 1.29 is 5.11 Å². The Morgan fingerprint density at radius 1 is 1.24 bits per heavy atom.